The molecule has 1 aromatic carbocycles. The minimum Gasteiger partial charge on any atom is -0.496 e. The van der Waals surface area contributed by atoms with Crippen molar-refractivity contribution in [3.05, 3.63) is 29.8 Å². The van der Waals surface area contributed by atoms with Crippen LogP contribution in [-0.4, -0.2) is 37.1 Å². The molecule has 0 aliphatic heterocycles. The van der Waals surface area contributed by atoms with E-state index >= 15 is 0 Å². The lowest BCUT2D eigenvalue weighted by Crippen LogP contribution is -2.42. The van der Waals surface area contributed by atoms with E-state index in [1.54, 1.807) is 20.1 Å². The van der Waals surface area contributed by atoms with Gasteiger partial charge in [-0.3, -0.25) is 0 Å². The minimum atomic E-state index is -3.56. The van der Waals surface area contributed by atoms with Crippen LogP contribution in [0, 0.1) is 0 Å². The second-order valence-corrected chi connectivity index (χ2v) is 7.11. The van der Waals surface area contributed by atoms with E-state index in [1.807, 2.05) is 18.2 Å². The largest absolute Gasteiger partial charge is 0.496 e. The zero-order valence-corrected chi connectivity index (χ0v) is 13.5. The van der Waals surface area contributed by atoms with Crippen LogP contribution >= 0.6 is 12.2 Å². The van der Waals surface area contributed by atoms with Crippen LogP contribution in [0.15, 0.2) is 24.3 Å². The molecule has 0 bridgehead atoms. The number of nitrogens with two attached hydrogens (primary N) is 1. The molecule has 0 aromatic heterocycles. The lowest BCUT2D eigenvalue weighted by Gasteiger charge is -2.23. The van der Waals surface area contributed by atoms with Crippen molar-refractivity contribution in [2.24, 2.45) is 5.73 Å². The fourth-order valence-corrected chi connectivity index (χ4v) is 3.94. The average Bonchev–Trinajstić information content (AvgIpc) is 2.39. The van der Waals surface area contributed by atoms with Gasteiger partial charge < -0.3 is 10.5 Å². The third kappa shape index (κ3) is 3.68. The zero-order valence-electron chi connectivity index (χ0n) is 11.9. The van der Waals surface area contributed by atoms with E-state index in [2.05, 4.69) is 0 Å². The number of hydrogen-bond acceptors (Lipinski definition) is 4. The van der Waals surface area contributed by atoms with E-state index in [4.69, 9.17) is 22.7 Å². The van der Waals surface area contributed by atoms with Crippen molar-refractivity contribution in [3.63, 3.8) is 0 Å². The summed E-state index contributed by atoms with van der Waals surface area (Å²) in [7, 11) is -0.493. The number of rotatable bonds is 7. The molecule has 0 saturated carbocycles. The Hall–Kier alpha value is -1.18. The van der Waals surface area contributed by atoms with Gasteiger partial charge in [0.2, 0.25) is 10.0 Å². The van der Waals surface area contributed by atoms with Crippen LogP contribution < -0.4 is 10.5 Å². The highest BCUT2D eigenvalue weighted by Crippen LogP contribution is 2.21. The van der Waals surface area contributed by atoms with Gasteiger partial charge in [0.1, 0.15) is 11.0 Å². The summed E-state index contributed by atoms with van der Waals surface area (Å²) in [5.41, 5.74) is 6.31. The Kier molecular flexibility index (Phi) is 5.91. The van der Waals surface area contributed by atoms with Crippen LogP contribution in [0.4, 0.5) is 0 Å². The average molecular weight is 316 g/mol. The summed E-state index contributed by atoms with van der Waals surface area (Å²) >= 11 is 4.84. The predicted octanol–water partition coefficient (Wildman–Crippen LogP) is 1.52. The summed E-state index contributed by atoms with van der Waals surface area (Å²) in [6, 6.07) is 7.29. The van der Waals surface area contributed by atoms with Crippen molar-refractivity contribution in [2.75, 3.05) is 14.2 Å². The molecule has 5 nitrogen and oxygen atoms in total. The molecule has 0 fully saturated rings. The molecule has 112 valence electrons. The fourth-order valence-electron chi connectivity index (χ4n) is 1.94. The summed E-state index contributed by atoms with van der Waals surface area (Å²) in [4.78, 5) is -0.000577. The lowest BCUT2D eigenvalue weighted by atomic mass is 10.2. The maximum Gasteiger partial charge on any atom is 0.223 e. The van der Waals surface area contributed by atoms with Crippen molar-refractivity contribution < 1.29 is 13.2 Å². The van der Waals surface area contributed by atoms with Crippen molar-refractivity contribution in [3.8, 4) is 5.75 Å². The highest BCUT2D eigenvalue weighted by Gasteiger charge is 2.30. The molecular formula is C13H20N2O3S2. The molecule has 0 aliphatic rings. The van der Waals surface area contributed by atoms with E-state index in [0.717, 1.165) is 5.56 Å². The molecule has 2 N–H and O–H groups in total. The smallest absolute Gasteiger partial charge is 0.223 e. The number of nitrogens with zero attached hydrogens (tertiary/aromatic N) is 1. The zero-order chi connectivity index (χ0) is 15.3. The Morgan fingerprint density at radius 1 is 1.45 bits per heavy atom. The van der Waals surface area contributed by atoms with Gasteiger partial charge in [-0.1, -0.05) is 37.3 Å². The fraction of sp³-hybridized carbons (Fsp3) is 0.462. The van der Waals surface area contributed by atoms with Gasteiger partial charge in [0.25, 0.3) is 0 Å². The molecule has 0 heterocycles. The van der Waals surface area contributed by atoms with Crippen LogP contribution in [0.5, 0.6) is 5.75 Å². The van der Waals surface area contributed by atoms with Crippen LogP contribution in [0.3, 0.4) is 0 Å². The molecule has 20 heavy (non-hydrogen) atoms. The van der Waals surface area contributed by atoms with Gasteiger partial charge in [-0.05, 0) is 12.5 Å². The maximum atomic E-state index is 12.4. The molecule has 0 amide bonds. The van der Waals surface area contributed by atoms with Crippen molar-refractivity contribution in [2.45, 2.75) is 25.1 Å². The lowest BCUT2D eigenvalue weighted by molar-refractivity contribution is 0.397. The minimum absolute atomic E-state index is 0.000577. The Bertz CT molecular complexity index is 573. The van der Waals surface area contributed by atoms with Crippen LogP contribution in [-0.2, 0) is 16.6 Å². The summed E-state index contributed by atoms with van der Waals surface area (Å²) in [5.74, 6) is 0.651. The Labute approximate surface area is 125 Å². The quantitative estimate of drug-likeness (QED) is 0.772. The molecule has 1 unspecified atom stereocenters. The molecule has 0 saturated heterocycles. The highest BCUT2D eigenvalue weighted by molar-refractivity contribution is 7.92. The van der Waals surface area contributed by atoms with E-state index in [1.165, 1.54) is 11.4 Å². The first-order valence-corrected chi connectivity index (χ1v) is 8.12. The number of sulfonamides is 1. The molecule has 0 radical (unpaired) electrons. The SMILES string of the molecule is CCC(C(N)=S)S(=O)(=O)N(C)Cc1ccccc1OC. The van der Waals surface area contributed by atoms with E-state index < -0.39 is 15.3 Å². The number of hydrogen-bond donors (Lipinski definition) is 1. The third-order valence-electron chi connectivity index (χ3n) is 3.07. The molecule has 0 spiro atoms. The number of thiocarbonyl (C=S) groups is 1. The molecule has 0 aliphatic carbocycles. The second kappa shape index (κ2) is 7.01. The van der Waals surface area contributed by atoms with Gasteiger partial charge in [0, 0.05) is 19.2 Å². The van der Waals surface area contributed by atoms with Crippen molar-refractivity contribution >= 4 is 27.2 Å². The molecule has 1 rings (SSSR count). The molecular weight excluding hydrogens is 296 g/mol. The predicted molar refractivity (Wildman–Crippen MR) is 84.2 cm³/mol. The van der Waals surface area contributed by atoms with Crippen molar-refractivity contribution in [1.82, 2.24) is 4.31 Å². The summed E-state index contributed by atoms with van der Waals surface area (Å²) in [5, 5.41) is -0.836. The van der Waals surface area contributed by atoms with Crippen LogP contribution in [0.1, 0.15) is 18.9 Å². The van der Waals surface area contributed by atoms with Crippen LogP contribution in [0.25, 0.3) is 0 Å². The van der Waals surface area contributed by atoms with E-state index in [0.29, 0.717) is 12.2 Å². The van der Waals surface area contributed by atoms with Gasteiger partial charge in [-0.15, -0.1) is 0 Å². The number of benzene rings is 1. The first-order valence-electron chi connectivity index (χ1n) is 6.21. The monoisotopic (exact) mass is 316 g/mol. The number of methoxy groups -OCH3 is 1. The van der Waals surface area contributed by atoms with E-state index in [9.17, 15) is 8.42 Å². The Morgan fingerprint density at radius 3 is 2.55 bits per heavy atom. The van der Waals surface area contributed by atoms with Gasteiger partial charge >= 0.3 is 0 Å². The van der Waals surface area contributed by atoms with Crippen LogP contribution in [0.2, 0.25) is 0 Å². The van der Waals surface area contributed by atoms with Gasteiger partial charge in [-0.2, -0.15) is 4.31 Å². The topological polar surface area (TPSA) is 72.6 Å². The Balaban J connectivity index is 3.00. The van der Waals surface area contributed by atoms with Crippen molar-refractivity contribution in [1.29, 1.82) is 0 Å². The van der Waals surface area contributed by atoms with Gasteiger partial charge in [-0.25, -0.2) is 8.42 Å². The second-order valence-electron chi connectivity index (χ2n) is 4.41. The van der Waals surface area contributed by atoms with Gasteiger partial charge in [0.05, 0.1) is 12.1 Å². The highest BCUT2D eigenvalue weighted by atomic mass is 32.2. The summed E-state index contributed by atoms with van der Waals surface area (Å²) in [6.45, 7) is 1.96. The maximum absolute atomic E-state index is 12.4. The number of ether oxygens (including phenoxy) is 1. The normalized spacial score (nSPS) is 13.2. The molecule has 7 heteroatoms. The summed E-state index contributed by atoms with van der Waals surface area (Å²) < 4.78 is 31.3. The standard InChI is InChI=1S/C13H20N2O3S2/c1-4-12(13(14)19)20(16,17)15(2)9-10-7-5-6-8-11(10)18-3/h5-8,12H,4,9H2,1-3H3,(H2,14,19). The Morgan fingerprint density at radius 2 is 2.05 bits per heavy atom. The van der Waals surface area contributed by atoms with E-state index in [-0.39, 0.29) is 11.5 Å². The first kappa shape index (κ1) is 16.9. The number of para-hydroxylation sites is 1. The van der Waals surface area contributed by atoms with Gasteiger partial charge in [0.15, 0.2) is 0 Å². The first-order chi connectivity index (χ1) is 9.34. The molecule has 1 atom stereocenters. The third-order valence-corrected chi connectivity index (χ3v) is 5.81. The summed E-state index contributed by atoms with van der Waals surface area (Å²) in [6.07, 6.45) is 0.355. The molecule has 1 aromatic rings.